The number of hydrogen-bond donors (Lipinski definition) is 2. The summed E-state index contributed by atoms with van der Waals surface area (Å²) in [7, 11) is 0. The number of nitrogens with one attached hydrogen (secondary N) is 1. The zero-order valence-electron chi connectivity index (χ0n) is 11.2. The molecule has 0 amide bonds. The first kappa shape index (κ1) is 14.0. The molecule has 1 aromatic carbocycles. The smallest absolute Gasteiger partial charge is 0.115 e. The summed E-state index contributed by atoms with van der Waals surface area (Å²) in [5.74, 6) is 0. The lowest BCUT2D eigenvalue weighted by Gasteiger charge is -2.16. The lowest BCUT2D eigenvalue weighted by molar-refractivity contribution is 0.863. The average molecular weight is 291 g/mol. The van der Waals surface area contributed by atoms with E-state index in [0.717, 1.165) is 22.0 Å². The van der Waals surface area contributed by atoms with Crippen LogP contribution in [0.15, 0.2) is 23.6 Å². The van der Waals surface area contributed by atoms with Crippen molar-refractivity contribution >= 4 is 34.2 Å². The summed E-state index contributed by atoms with van der Waals surface area (Å²) < 4.78 is 0. The van der Waals surface area contributed by atoms with Gasteiger partial charge in [-0.15, -0.1) is 11.3 Å². The van der Waals surface area contributed by atoms with Crippen LogP contribution in [0.25, 0.3) is 0 Å². The van der Waals surface area contributed by atoms with Crippen molar-refractivity contribution in [2.24, 2.45) is 5.73 Å². The van der Waals surface area contributed by atoms with Gasteiger partial charge in [-0.1, -0.05) is 18.3 Å². The van der Waals surface area contributed by atoms with Crippen molar-refractivity contribution in [3.05, 3.63) is 45.4 Å². The number of aromatic nitrogens is 1. The monoisotopic (exact) mass is 291 g/mol. The summed E-state index contributed by atoms with van der Waals surface area (Å²) in [6, 6.07) is 6.16. The number of rotatable bonds is 4. The van der Waals surface area contributed by atoms with E-state index in [2.05, 4.69) is 28.7 Å². The Morgan fingerprint density at radius 1 is 1.42 bits per heavy atom. The SMILES string of the molecule is Cc1ccc(C(N)=S)c(NC(C)c2nc(C)cs2)c1. The number of thiazole rings is 1. The first-order valence-electron chi connectivity index (χ1n) is 6.06. The number of anilines is 1. The second-order valence-corrected chi connectivity index (χ2v) is 5.94. The summed E-state index contributed by atoms with van der Waals surface area (Å²) in [5, 5.41) is 6.56. The Bertz CT molecular complexity index is 604. The number of nitrogens with two attached hydrogens (primary N) is 1. The van der Waals surface area contributed by atoms with Crippen LogP contribution in [0.2, 0.25) is 0 Å². The van der Waals surface area contributed by atoms with Gasteiger partial charge in [-0.05, 0) is 38.5 Å². The highest BCUT2D eigenvalue weighted by Crippen LogP contribution is 2.25. The third-order valence-corrected chi connectivity index (χ3v) is 4.18. The van der Waals surface area contributed by atoms with E-state index in [1.54, 1.807) is 11.3 Å². The fourth-order valence-corrected chi connectivity index (χ4v) is 2.84. The maximum atomic E-state index is 5.76. The van der Waals surface area contributed by atoms with Gasteiger partial charge >= 0.3 is 0 Å². The van der Waals surface area contributed by atoms with Crippen LogP contribution in [-0.4, -0.2) is 9.97 Å². The van der Waals surface area contributed by atoms with Gasteiger partial charge in [0, 0.05) is 22.3 Å². The van der Waals surface area contributed by atoms with Crippen molar-refractivity contribution in [1.29, 1.82) is 0 Å². The van der Waals surface area contributed by atoms with E-state index in [1.807, 2.05) is 26.0 Å². The van der Waals surface area contributed by atoms with E-state index in [-0.39, 0.29) is 6.04 Å². The van der Waals surface area contributed by atoms with Crippen molar-refractivity contribution < 1.29 is 0 Å². The van der Waals surface area contributed by atoms with Crippen molar-refractivity contribution in [3.8, 4) is 0 Å². The van der Waals surface area contributed by atoms with Gasteiger partial charge in [0.15, 0.2) is 0 Å². The standard InChI is InChI=1S/C14H17N3S2/c1-8-4-5-11(13(15)18)12(6-8)17-10(3)14-16-9(2)7-19-14/h4-7,10,17H,1-3H3,(H2,15,18). The summed E-state index contributed by atoms with van der Waals surface area (Å²) in [4.78, 5) is 4.90. The van der Waals surface area contributed by atoms with E-state index in [4.69, 9.17) is 18.0 Å². The van der Waals surface area contributed by atoms with Crippen LogP contribution >= 0.6 is 23.6 Å². The van der Waals surface area contributed by atoms with Crippen LogP contribution < -0.4 is 11.1 Å². The molecule has 2 rings (SSSR count). The fraction of sp³-hybridized carbons (Fsp3) is 0.286. The quantitative estimate of drug-likeness (QED) is 0.846. The normalized spacial score (nSPS) is 12.2. The fourth-order valence-electron chi connectivity index (χ4n) is 1.86. The average Bonchev–Trinajstić information content (AvgIpc) is 2.75. The second kappa shape index (κ2) is 5.67. The van der Waals surface area contributed by atoms with Gasteiger partial charge in [0.2, 0.25) is 0 Å². The molecule has 0 saturated heterocycles. The van der Waals surface area contributed by atoms with E-state index in [9.17, 15) is 0 Å². The van der Waals surface area contributed by atoms with E-state index in [0.29, 0.717) is 4.99 Å². The molecule has 0 saturated carbocycles. The van der Waals surface area contributed by atoms with Gasteiger partial charge in [-0.25, -0.2) is 4.98 Å². The molecule has 1 atom stereocenters. The van der Waals surface area contributed by atoms with Crippen LogP contribution in [0.4, 0.5) is 5.69 Å². The van der Waals surface area contributed by atoms with Crippen LogP contribution in [0.5, 0.6) is 0 Å². The molecule has 0 bridgehead atoms. The Hall–Kier alpha value is -1.46. The predicted molar refractivity (Wildman–Crippen MR) is 86.0 cm³/mol. The first-order chi connectivity index (χ1) is 8.97. The Labute approximate surface area is 122 Å². The molecule has 1 unspecified atom stereocenters. The third-order valence-electron chi connectivity index (χ3n) is 2.82. The number of aryl methyl sites for hydroxylation is 2. The summed E-state index contributed by atoms with van der Waals surface area (Å²) in [6.07, 6.45) is 0. The van der Waals surface area contributed by atoms with Crippen LogP contribution in [-0.2, 0) is 0 Å². The van der Waals surface area contributed by atoms with Gasteiger partial charge in [-0.3, -0.25) is 0 Å². The molecule has 19 heavy (non-hydrogen) atoms. The number of hydrogen-bond acceptors (Lipinski definition) is 4. The first-order valence-corrected chi connectivity index (χ1v) is 7.35. The third kappa shape index (κ3) is 3.30. The van der Waals surface area contributed by atoms with Gasteiger partial charge < -0.3 is 11.1 Å². The van der Waals surface area contributed by atoms with E-state index < -0.39 is 0 Å². The minimum atomic E-state index is 0.133. The zero-order chi connectivity index (χ0) is 14.0. The Balaban J connectivity index is 2.27. The van der Waals surface area contributed by atoms with Crippen LogP contribution in [0.1, 0.15) is 34.8 Å². The summed E-state index contributed by atoms with van der Waals surface area (Å²) in [5.41, 5.74) is 9.82. The molecule has 0 fully saturated rings. The highest BCUT2D eigenvalue weighted by molar-refractivity contribution is 7.80. The van der Waals surface area contributed by atoms with E-state index >= 15 is 0 Å². The molecule has 0 aliphatic heterocycles. The highest BCUT2D eigenvalue weighted by Gasteiger charge is 2.12. The molecule has 0 radical (unpaired) electrons. The van der Waals surface area contributed by atoms with Crippen LogP contribution in [0, 0.1) is 13.8 Å². The molecule has 0 aliphatic rings. The molecule has 100 valence electrons. The molecule has 2 aromatic rings. The summed E-state index contributed by atoms with van der Waals surface area (Å²) in [6.45, 7) is 6.14. The molecule has 1 heterocycles. The second-order valence-electron chi connectivity index (χ2n) is 4.61. The molecule has 0 spiro atoms. The predicted octanol–water partition coefficient (Wildman–Crippen LogP) is 3.57. The molecule has 3 nitrogen and oxygen atoms in total. The van der Waals surface area contributed by atoms with Gasteiger partial charge in [0.25, 0.3) is 0 Å². The Morgan fingerprint density at radius 2 is 2.16 bits per heavy atom. The Morgan fingerprint density at radius 3 is 2.74 bits per heavy atom. The molecular weight excluding hydrogens is 274 g/mol. The minimum Gasteiger partial charge on any atom is -0.389 e. The van der Waals surface area contributed by atoms with Crippen molar-refractivity contribution in [1.82, 2.24) is 4.98 Å². The largest absolute Gasteiger partial charge is 0.389 e. The molecule has 0 aliphatic carbocycles. The lowest BCUT2D eigenvalue weighted by Crippen LogP contribution is -2.15. The van der Waals surface area contributed by atoms with Crippen LogP contribution in [0.3, 0.4) is 0 Å². The Kier molecular flexibility index (Phi) is 4.17. The van der Waals surface area contributed by atoms with Crippen molar-refractivity contribution in [2.45, 2.75) is 26.8 Å². The lowest BCUT2D eigenvalue weighted by atomic mass is 10.1. The topological polar surface area (TPSA) is 50.9 Å². The van der Waals surface area contributed by atoms with Crippen molar-refractivity contribution in [3.63, 3.8) is 0 Å². The van der Waals surface area contributed by atoms with E-state index in [1.165, 1.54) is 5.56 Å². The number of thiocarbonyl (C=S) groups is 1. The molecular formula is C14H17N3S2. The van der Waals surface area contributed by atoms with Gasteiger partial charge in [-0.2, -0.15) is 0 Å². The number of benzene rings is 1. The summed E-state index contributed by atoms with van der Waals surface area (Å²) >= 11 is 6.75. The number of nitrogens with zero attached hydrogens (tertiary/aromatic N) is 1. The van der Waals surface area contributed by atoms with Gasteiger partial charge in [0.1, 0.15) is 10.00 Å². The highest BCUT2D eigenvalue weighted by atomic mass is 32.1. The molecule has 1 aromatic heterocycles. The maximum Gasteiger partial charge on any atom is 0.115 e. The van der Waals surface area contributed by atoms with Gasteiger partial charge in [0.05, 0.1) is 6.04 Å². The van der Waals surface area contributed by atoms with Crippen molar-refractivity contribution in [2.75, 3.05) is 5.32 Å². The molecule has 5 heteroatoms. The maximum absolute atomic E-state index is 5.76. The molecule has 3 N–H and O–H groups in total. The zero-order valence-corrected chi connectivity index (χ0v) is 12.9. The minimum absolute atomic E-state index is 0.133.